The lowest BCUT2D eigenvalue weighted by Crippen LogP contribution is -2.58. The Bertz CT molecular complexity index is 657. The van der Waals surface area contributed by atoms with E-state index in [0.29, 0.717) is 6.42 Å². The number of aromatic nitrogens is 1. The van der Waals surface area contributed by atoms with Crippen molar-refractivity contribution < 1.29 is 24.0 Å². The molecule has 2 unspecified atom stereocenters. The van der Waals surface area contributed by atoms with Gasteiger partial charge >= 0.3 is 17.5 Å². The Hall–Kier alpha value is -2.77. The van der Waals surface area contributed by atoms with Crippen LogP contribution in [0.1, 0.15) is 30.1 Å². The van der Waals surface area contributed by atoms with Crippen molar-refractivity contribution in [3.8, 4) is 0 Å². The maximum absolute atomic E-state index is 12.2. The second kappa shape index (κ2) is 6.55. The van der Waals surface area contributed by atoms with Crippen LogP contribution in [0, 0.1) is 10.1 Å². The Kier molecular flexibility index (Phi) is 4.73. The molecule has 0 amide bonds. The number of ether oxygens (including phenoxy) is 2. The number of nitro groups is 1. The predicted octanol–water partition coefficient (Wildman–Crippen LogP) is 1.54. The average Bonchev–Trinajstić information content (AvgIpc) is 2.55. The maximum atomic E-state index is 12.2. The number of esters is 2. The van der Waals surface area contributed by atoms with E-state index >= 15 is 0 Å². The minimum atomic E-state index is -2.13. The van der Waals surface area contributed by atoms with Gasteiger partial charge in [0.15, 0.2) is 0 Å². The van der Waals surface area contributed by atoms with Crippen LogP contribution in [-0.4, -0.2) is 40.6 Å². The molecule has 0 aliphatic heterocycles. The highest BCUT2D eigenvalue weighted by Gasteiger charge is 2.61. The van der Waals surface area contributed by atoms with Crippen molar-refractivity contribution in [2.75, 3.05) is 7.11 Å². The molecule has 1 aromatic rings. The third-order valence-electron chi connectivity index (χ3n) is 3.80. The smallest absolute Gasteiger partial charge is 0.389 e. The van der Waals surface area contributed by atoms with Crippen molar-refractivity contribution in [2.45, 2.75) is 31.4 Å². The first-order valence-corrected chi connectivity index (χ1v) is 6.93. The average molecular weight is 320 g/mol. The Labute approximate surface area is 132 Å². The summed E-state index contributed by atoms with van der Waals surface area (Å²) >= 11 is 0. The minimum Gasteiger partial charge on any atom is -0.464 e. The molecule has 8 heteroatoms. The number of allylic oxidation sites excluding steroid dienone is 1. The highest BCUT2D eigenvalue weighted by molar-refractivity contribution is 5.90. The molecule has 0 aromatic carbocycles. The van der Waals surface area contributed by atoms with Crippen LogP contribution in [0.4, 0.5) is 0 Å². The van der Waals surface area contributed by atoms with E-state index in [1.54, 1.807) is 13.0 Å². The van der Waals surface area contributed by atoms with Gasteiger partial charge in [0.2, 0.25) is 6.10 Å². The third-order valence-corrected chi connectivity index (χ3v) is 3.80. The van der Waals surface area contributed by atoms with Gasteiger partial charge in [0.25, 0.3) is 0 Å². The lowest BCUT2D eigenvalue weighted by Gasteiger charge is -2.32. The van der Waals surface area contributed by atoms with Gasteiger partial charge in [0, 0.05) is 23.7 Å². The SMILES string of the molecule is COC(=O)C1([N+](=O)[O-])CCC(C)=CC1OC(=O)c1cccnc1. The Morgan fingerprint density at radius 3 is 2.78 bits per heavy atom. The van der Waals surface area contributed by atoms with Crippen LogP contribution in [0.2, 0.25) is 0 Å². The number of hydrogen-bond acceptors (Lipinski definition) is 7. The van der Waals surface area contributed by atoms with E-state index in [9.17, 15) is 19.7 Å². The van der Waals surface area contributed by atoms with Crippen LogP contribution in [0.3, 0.4) is 0 Å². The van der Waals surface area contributed by atoms with E-state index in [4.69, 9.17) is 4.74 Å². The van der Waals surface area contributed by atoms with Crippen LogP contribution < -0.4 is 0 Å². The lowest BCUT2D eigenvalue weighted by atomic mass is 9.80. The Balaban J connectivity index is 2.38. The molecular weight excluding hydrogens is 304 g/mol. The quantitative estimate of drug-likeness (QED) is 0.358. The molecule has 0 saturated heterocycles. The summed E-state index contributed by atoms with van der Waals surface area (Å²) in [6, 6.07) is 3.01. The number of rotatable bonds is 4. The number of hydrogen-bond donors (Lipinski definition) is 0. The number of methoxy groups -OCH3 is 1. The third kappa shape index (κ3) is 3.05. The molecule has 0 radical (unpaired) electrons. The summed E-state index contributed by atoms with van der Waals surface area (Å²) in [5.74, 6) is -1.82. The van der Waals surface area contributed by atoms with Gasteiger partial charge in [-0.1, -0.05) is 5.57 Å². The van der Waals surface area contributed by atoms with Crippen molar-refractivity contribution in [3.05, 3.63) is 51.9 Å². The molecule has 1 aliphatic carbocycles. The molecule has 0 saturated carbocycles. The summed E-state index contributed by atoms with van der Waals surface area (Å²) in [7, 11) is 1.07. The van der Waals surface area contributed by atoms with Crippen molar-refractivity contribution in [3.63, 3.8) is 0 Å². The molecule has 0 N–H and O–H groups in total. The standard InChI is InChI=1S/C15H16N2O6/c1-10-5-6-15(17(20)21,14(19)22-2)12(8-10)23-13(18)11-4-3-7-16-9-11/h3-4,7-9,12H,5-6H2,1-2H3. The molecular formula is C15H16N2O6. The molecule has 1 aromatic heterocycles. The van der Waals surface area contributed by atoms with Gasteiger partial charge in [0.1, 0.15) is 0 Å². The molecule has 0 spiro atoms. The van der Waals surface area contributed by atoms with Crippen molar-refractivity contribution in [2.24, 2.45) is 0 Å². The molecule has 1 aliphatic rings. The monoisotopic (exact) mass is 320 g/mol. The number of carbonyl (C=O) groups is 2. The zero-order chi connectivity index (χ0) is 17.0. The highest BCUT2D eigenvalue weighted by Crippen LogP contribution is 2.34. The fourth-order valence-corrected chi connectivity index (χ4v) is 2.47. The summed E-state index contributed by atoms with van der Waals surface area (Å²) in [6.07, 6.45) is 3.10. The zero-order valence-corrected chi connectivity index (χ0v) is 12.7. The van der Waals surface area contributed by atoms with Crippen molar-refractivity contribution in [1.29, 1.82) is 0 Å². The summed E-state index contributed by atoms with van der Waals surface area (Å²) in [4.78, 5) is 38.9. The molecule has 2 atom stereocenters. The molecule has 23 heavy (non-hydrogen) atoms. The Morgan fingerprint density at radius 1 is 1.48 bits per heavy atom. The summed E-state index contributed by atoms with van der Waals surface area (Å²) < 4.78 is 9.84. The van der Waals surface area contributed by atoms with Crippen LogP contribution in [0.15, 0.2) is 36.2 Å². The fraction of sp³-hybridized carbons (Fsp3) is 0.400. The molecule has 122 valence electrons. The van der Waals surface area contributed by atoms with Crippen LogP contribution in [0.5, 0.6) is 0 Å². The first kappa shape index (κ1) is 16.6. The van der Waals surface area contributed by atoms with Crippen LogP contribution in [0.25, 0.3) is 0 Å². The number of nitrogens with zero attached hydrogens (tertiary/aromatic N) is 2. The van der Waals surface area contributed by atoms with E-state index < -0.39 is 28.5 Å². The van der Waals surface area contributed by atoms with E-state index in [1.165, 1.54) is 24.5 Å². The second-order valence-electron chi connectivity index (χ2n) is 5.25. The van der Waals surface area contributed by atoms with Crippen molar-refractivity contribution in [1.82, 2.24) is 4.98 Å². The van der Waals surface area contributed by atoms with E-state index in [2.05, 4.69) is 9.72 Å². The van der Waals surface area contributed by atoms with Crippen LogP contribution >= 0.6 is 0 Å². The summed E-state index contributed by atoms with van der Waals surface area (Å²) in [6.45, 7) is 1.76. The normalized spacial score (nSPS) is 23.6. The van der Waals surface area contributed by atoms with Crippen molar-refractivity contribution >= 4 is 11.9 Å². The van der Waals surface area contributed by atoms with E-state index in [-0.39, 0.29) is 12.0 Å². The molecule has 0 bridgehead atoms. The largest absolute Gasteiger partial charge is 0.464 e. The second-order valence-corrected chi connectivity index (χ2v) is 5.25. The van der Waals surface area contributed by atoms with Gasteiger partial charge in [-0.3, -0.25) is 15.1 Å². The fourth-order valence-electron chi connectivity index (χ4n) is 2.47. The van der Waals surface area contributed by atoms with Gasteiger partial charge in [-0.2, -0.15) is 0 Å². The van der Waals surface area contributed by atoms with Gasteiger partial charge in [-0.25, -0.2) is 9.59 Å². The molecule has 2 rings (SSSR count). The summed E-state index contributed by atoms with van der Waals surface area (Å²) in [5, 5.41) is 11.6. The van der Waals surface area contributed by atoms with Crippen LogP contribution in [-0.2, 0) is 14.3 Å². The van der Waals surface area contributed by atoms with Gasteiger partial charge in [0.05, 0.1) is 12.7 Å². The van der Waals surface area contributed by atoms with E-state index in [0.717, 1.165) is 12.7 Å². The van der Waals surface area contributed by atoms with Gasteiger partial charge < -0.3 is 9.47 Å². The topological polar surface area (TPSA) is 109 Å². The first-order valence-electron chi connectivity index (χ1n) is 6.93. The lowest BCUT2D eigenvalue weighted by molar-refractivity contribution is -0.566. The molecule has 8 nitrogen and oxygen atoms in total. The molecule has 1 heterocycles. The highest BCUT2D eigenvalue weighted by atomic mass is 16.6. The van der Waals surface area contributed by atoms with E-state index in [1.807, 2.05) is 0 Å². The minimum absolute atomic E-state index is 0.0972. The zero-order valence-electron chi connectivity index (χ0n) is 12.7. The predicted molar refractivity (Wildman–Crippen MR) is 78.2 cm³/mol. The summed E-state index contributed by atoms with van der Waals surface area (Å²) in [5.41, 5.74) is -1.19. The number of carbonyl (C=O) groups excluding carboxylic acids is 2. The number of pyridine rings is 1. The molecule has 0 fully saturated rings. The maximum Gasteiger partial charge on any atom is 0.389 e. The Morgan fingerprint density at radius 2 is 2.22 bits per heavy atom. The first-order chi connectivity index (χ1) is 10.9. The van der Waals surface area contributed by atoms with Gasteiger partial charge in [-0.05, 0) is 31.6 Å². The van der Waals surface area contributed by atoms with Gasteiger partial charge in [-0.15, -0.1) is 0 Å².